The normalized spacial score (nSPS) is 13.4. The van der Waals surface area contributed by atoms with Gasteiger partial charge in [0, 0.05) is 50.2 Å². The SMILES string of the molecule is CCNC(=NCc1cccc(N2CC=CC2)c1)NCCc1ccccn1.I. The first-order chi connectivity index (χ1) is 12.8. The molecule has 0 unspecified atom stereocenters. The fraction of sp³-hybridized carbons (Fsp3) is 0.333. The molecule has 0 radical (unpaired) electrons. The quantitative estimate of drug-likeness (QED) is 0.278. The second-order valence-corrected chi connectivity index (χ2v) is 6.24. The van der Waals surface area contributed by atoms with Crippen LogP contribution in [-0.2, 0) is 13.0 Å². The van der Waals surface area contributed by atoms with Gasteiger partial charge in [0.1, 0.15) is 0 Å². The van der Waals surface area contributed by atoms with Crippen molar-refractivity contribution < 1.29 is 0 Å². The Balaban J connectivity index is 0.00000261. The highest BCUT2D eigenvalue weighted by Crippen LogP contribution is 2.18. The summed E-state index contributed by atoms with van der Waals surface area (Å²) >= 11 is 0. The molecule has 1 aliphatic heterocycles. The van der Waals surface area contributed by atoms with Crippen molar-refractivity contribution in [3.05, 3.63) is 72.1 Å². The van der Waals surface area contributed by atoms with Gasteiger partial charge in [0.05, 0.1) is 6.54 Å². The average Bonchev–Trinajstić information content (AvgIpc) is 3.22. The van der Waals surface area contributed by atoms with Gasteiger partial charge in [-0.3, -0.25) is 4.98 Å². The van der Waals surface area contributed by atoms with E-state index in [-0.39, 0.29) is 24.0 Å². The molecule has 1 aromatic heterocycles. The summed E-state index contributed by atoms with van der Waals surface area (Å²) in [6.45, 7) is 6.37. The molecule has 5 nitrogen and oxygen atoms in total. The van der Waals surface area contributed by atoms with E-state index in [1.807, 2.05) is 24.4 Å². The van der Waals surface area contributed by atoms with Gasteiger partial charge in [0.2, 0.25) is 0 Å². The molecule has 0 spiro atoms. The van der Waals surface area contributed by atoms with E-state index < -0.39 is 0 Å². The molecule has 2 heterocycles. The summed E-state index contributed by atoms with van der Waals surface area (Å²) in [6, 6.07) is 14.6. The minimum atomic E-state index is 0. The Morgan fingerprint density at radius 1 is 1.11 bits per heavy atom. The van der Waals surface area contributed by atoms with E-state index in [0.717, 1.165) is 44.3 Å². The Labute approximate surface area is 179 Å². The minimum absolute atomic E-state index is 0. The first kappa shape index (κ1) is 21.2. The van der Waals surface area contributed by atoms with Crippen molar-refractivity contribution in [1.82, 2.24) is 15.6 Å². The number of aromatic nitrogens is 1. The number of hydrogen-bond acceptors (Lipinski definition) is 3. The molecule has 0 atom stereocenters. The number of aliphatic imine (C=N–C) groups is 1. The lowest BCUT2D eigenvalue weighted by atomic mass is 10.2. The summed E-state index contributed by atoms with van der Waals surface area (Å²) in [7, 11) is 0. The van der Waals surface area contributed by atoms with Gasteiger partial charge < -0.3 is 15.5 Å². The molecule has 1 aliphatic rings. The van der Waals surface area contributed by atoms with Crippen molar-refractivity contribution in [2.45, 2.75) is 19.9 Å². The molecule has 27 heavy (non-hydrogen) atoms. The highest BCUT2D eigenvalue weighted by atomic mass is 127. The molecular weight excluding hydrogens is 449 g/mol. The number of nitrogens with one attached hydrogen (secondary N) is 2. The van der Waals surface area contributed by atoms with Gasteiger partial charge in [-0.25, -0.2) is 4.99 Å². The monoisotopic (exact) mass is 477 g/mol. The molecule has 2 N–H and O–H groups in total. The van der Waals surface area contributed by atoms with E-state index in [1.54, 1.807) is 0 Å². The predicted molar refractivity (Wildman–Crippen MR) is 124 cm³/mol. The summed E-state index contributed by atoms with van der Waals surface area (Å²) in [6.07, 6.45) is 7.12. The number of halogens is 1. The lowest BCUT2D eigenvalue weighted by Gasteiger charge is -2.18. The number of nitrogens with zero attached hydrogens (tertiary/aromatic N) is 3. The van der Waals surface area contributed by atoms with E-state index in [4.69, 9.17) is 4.99 Å². The third-order valence-electron chi connectivity index (χ3n) is 4.26. The lowest BCUT2D eigenvalue weighted by Crippen LogP contribution is -2.38. The molecule has 144 valence electrons. The van der Waals surface area contributed by atoms with Gasteiger partial charge in [-0.05, 0) is 36.8 Å². The van der Waals surface area contributed by atoms with Crippen LogP contribution in [0.5, 0.6) is 0 Å². The molecule has 1 aromatic carbocycles. The first-order valence-corrected chi connectivity index (χ1v) is 9.26. The lowest BCUT2D eigenvalue weighted by molar-refractivity contribution is 0.788. The van der Waals surface area contributed by atoms with Gasteiger partial charge in [-0.1, -0.05) is 30.4 Å². The van der Waals surface area contributed by atoms with E-state index >= 15 is 0 Å². The van der Waals surface area contributed by atoms with Crippen LogP contribution < -0.4 is 15.5 Å². The summed E-state index contributed by atoms with van der Waals surface area (Å²) in [5.74, 6) is 0.844. The van der Waals surface area contributed by atoms with E-state index in [0.29, 0.717) is 6.54 Å². The van der Waals surface area contributed by atoms with Gasteiger partial charge in [0.25, 0.3) is 0 Å². The van der Waals surface area contributed by atoms with Crippen LogP contribution in [0.1, 0.15) is 18.2 Å². The molecule has 3 rings (SSSR count). The standard InChI is InChI=1S/C21H27N5.HI/c1-2-22-21(24-13-11-19-9-3-4-12-23-19)25-17-18-8-7-10-20(16-18)26-14-5-6-15-26;/h3-10,12,16H,2,11,13-15,17H2,1H3,(H2,22,24,25);1H. The highest BCUT2D eigenvalue weighted by molar-refractivity contribution is 14.0. The fourth-order valence-corrected chi connectivity index (χ4v) is 2.91. The molecule has 6 heteroatoms. The molecule has 0 saturated heterocycles. The zero-order chi connectivity index (χ0) is 18.0. The Hall–Kier alpha value is -2.09. The zero-order valence-electron chi connectivity index (χ0n) is 15.8. The van der Waals surface area contributed by atoms with E-state index in [9.17, 15) is 0 Å². The van der Waals surface area contributed by atoms with Crippen LogP contribution in [0.25, 0.3) is 0 Å². The predicted octanol–water partition coefficient (Wildman–Crippen LogP) is 3.37. The summed E-state index contributed by atoms with van der Waals surface area (Å²) in [5.41, 5.74) is 3.56. The van der Waals surface area contributed by atoms with Crippen molar-refractivity contribution in [1.29, 1.82) is 0 Å². The van der Waals surface area contributed by atoms with Crippen molar-refractivity contribution in [2.24, 2.45) is 4.99 Å². The maximum absolute atomic E-state index is 4.72. The highest BCUT2D eigenvalue weighted by Gasteiger charge is 2.07. The van der Waals surface area contributed by atoms with Crippen LogP contribution in [0.2, 0.25) is 0 Å². The molecule has 0 bridgehead atoms. The van der Waals surface area contributed by atoms with Crippen LogP contribution in [0.3, 0.4) is 0 Å². The number of hydrogen-bond donors (Lipinski definition) is 2. The molecule has 0 fully saturated rings. The number of benzene rings is 1. The van der Waals surface area contributed by atoms with Crippen LogP contribution in [0.15, 0.2) is 65.8 Å². The average molecular weight is 477 g/mol. The van der Waals surface area contributed by atoms with Crippen LogP contribution >= 0.6 is 24.0 Å². The molecule has 0 aliphatic carbocycles. The minimum Gasteiger partial charge on any atom is -0.364 e. The second kappa shape index (κ2) is 11.6. The Bertz CT molecular complexity index is 737. The van der Waals surface area contributed by atoms with Gasteiger partial charge >= 0.3 is 0 Å². The van der Waals surface area contributed by atoms with E-state index in [2.05, 4.69) is 63.9 Å². The molecule has 0 amide bonds. The Kier molecular flexibility index (Phi) is 9.10. The molecular formula is C21H28IN5. The Morgan fingerprint density at radius 2 is 1.96 bits per heavy atom. The molecule has 2 aromatic rings. The summed E-state index contributed by atoms with van der Waals surface area (Å²) in [5, 5.41) is 6.69. The number of pyridine rings is 1. The van der Waals surface area contributed by atoms with Gasteiger partial charge in [-0.2, -0.15) is 0 Å². The smallest absolute Gasteiger partial charge is 0.191 e. The van der Waals surface area contributed by atoms with Gasteiger partial charge in [0.15, 0.2) is 5.96 Å². The van der Waals surface area contributed by atoms with Crippen LogP contribution in [0.4, 0.5) is 5.69 Å². The Morgan fingerprint density at radius 3 is 2.70 bits per heavy atom. The maximum Gasteiger partial charge on any atom is 0.191 e. The topological polar surface area (TPSA) is 52.6 Å². The van der Waals surface area contributed by atoms with Crippen LogP contribution in [0, 0.1) is 0 Å². The number of anilines is 1. The fourth-order valence-electron chi connectivity index (χ4n) is 2.91. The first-order valence-electron chi connectivity index (χ1n) is 9.26. The summed E-state index contributed by atoms with van der Waals surface area (Å²) < 4.78 is 0. The van der Waals surface area contributed by atoms with Crippen molar-refractivity contribution in [2.75, 3.05) is 31.1 Å². The van der Waals surface area contributed by atoms with Gasteiger partial charge in [-0.15, -0.1) is 24.0 Å². The van der Waals surface area contributed by atoms with Crippen molar-refractivity contribution >= 4 is 35.6 Å². The van der Waals surface area contributed by atoms with E-state index in [1.165, 1.54) is 11.3 Å². The zero-order valence-corrected chi connectivity index (χ0v) is 18.1. The number of rotatable bonds is 7. The largest absolute Gasteiger partial charge is 0.364 e. The third kappa shape index (κ3) is 6.86. The van der Waals surface area contributed by atoms with Crippen LogP contribution in [-0.4, -0.2) is 37.1 Å². The number of guanidine groups is 1. The maximum atomic E-state index is 4.72. The second-order valence-electron chi connectivity index (χ2n) is 6.24. The third-order valence-corrected chi connectivity index (χ3v) is 4.26. The van der Waals surface area contributed by atoms with Crippen molar-refractivity contribution in [3.63, 3.8) is 0 Å². The van der Waals surface area contributed by atoms with Crippen molar-refractivity contribution in [3.8, 4) is 0 Å². The summed E-state index contributed by atoms with van der Waals surface area (Å²) in [4.78, 5) is 11.4. The molecule has 0 saturated carbocycles.